The number of methoxy groups -OCH3 is 2. The summed E-state index contributed by atoms with van der Waals surface area (Å²) in [6.07, 6.45) is 0. The molecule has 1 atom stereocenters. The lowest BCUT2D eigenvalue weighted by Crippen LogP contribution is -2.21. The van der Waals surface area contributed by atoms with Gasteiger partial charge in [-0.05, 0) is 65.7 Å². The van der Waals surface area contributed by atoms with Crippen molar-refractivity contribution >= 4 is 5.97 Å². The Balaban J connectivity index is 1.33. The molecule has 4 aromatic carbocycles. The summed E-state index contributed by atoms with van der Waals surface area (Å²) >= 11 is 0. The molecule has 0 radical (unpaired) electrons. The van der Waals surface area contributed by atoms with Gasteiger partial charge in [0.25, 0.3) is 0 Å². The van der Waals surface area contributed by atoms with Gasteiger partial charge in [-0.3, -0.25) is 0 Å². The van der Waals surface area contributed by atoms with Gasteiger partial charge in [-0.15, -0.1) is 0 Å². The molecule has 0 bridgehead atoms. The van der Waals surface area contributed by atoms with E-state index in [1.807, 2.05) is 0 Å². The molecule has 1 aliphatic rings. The first-order valence-corrected chi connectivity index (χ1v) is 13.1. The van der Waals surface area contributed by atoms with E-state index in [-0.39, 0.29) is 36.2 Å². The van der Waals surface area contributed by atoms with Crippen LogP contribution in [0.3, 0.4) is 0 Å². The number of carbonyl (C=O) groups excluding carboxylic acids is 1. The van der Waals surface area contributed by atoms with Gasteiger partial charge in [0.05, 0.1) is 20.1 Å². The maximum atomic E-state index is 13.2. The summed E-state index contributed by atoms with van der Waals surface area (Å²) in [7, 11) is 3.07. The number of fused-ring (bicyclic) bond motifs is 1. The molecular weight excluding hydrogens is 555 g/mol. The van der Waals surface area contributed by atoms with Crippen molar-refractivity contribution in [2.24, 2.45) is 5.73 Å². The molecule has 9 nitrogen and oxygen atoms in total. The normalized spacial score (nSPS) is 13.7. The molecule has 0 saturated heterocycles. The first kappa shape index (κ1) is 28.8. The summed E-state index contributed by atoms with van der Waals surface area (Å²) in [4.78, 5) is 12.5. The Labute approximate surface area is 247 Å². The van der Waals surface area contributed by atoms with E-state index in [4.69, 9.17) is 34.2 Å². The van der Waals surface area contributed by atoms with E-state index in [0.717, 1.165) is 5.56 Å². The third-order valence-corrected chi connectivity index (χ3v) is 6.67. The van der Waals surface area contributed by atoms with Crippen LogP contribution in [0.25, 0.3) is 0 Å². The van der Waals surface area contributed by atoms with Crippen LogP contribution in [-0.4, -0.2) is 26.8 Å². The van der Waals surface area contributed by atoms with E-state index in [0.29, 0.717) is 39.9 Å². The van der Waals surface area contributed by atoms with Crippen molar-refractivity contribution in [3.8, 4) is 40.6 Å². The number of nitriles is 1. The second kappa shape index (κ2) is 12.9. The number of rotatable bonds is 10. The van der Waals surface area contributed by atoms with Gasteiger partial charge >= 0.3 is 5.97 Å². The first-order chi connectivity index (χ1) is 20.9. The Kier molecular flexibility index (Phi) is 8.63. The quantitative estimate of drug-likeness (QED) is 0.187. The summed E-state index contributed by atoms with van der Waals surface area (Å²) < 4.78 is 46.5. The third-order valence-electron chi connectivity index (χ3n) is 6.67. The molecule has 0 saturated carbocycles. The molecule has 0 fully saturated rings. The molecule has 0 amide bonds. The number of ether oxygens (including phenoxy) is 6. The molecule has 1 unspecified atom stereocenters. The van der Waals surface area contributed by atoms with Gasteiger partial charge in [0.15, 0.2) is 18.1 Å². The molecule has 218 valence electrons. The second-order valence-corrected chi connectivity index (χ2v) is 9.39. The van der Waals surface area contributed by atoms with Gasteiger partial charge in [0, 0.05) is 11.6 Å². The minimum Gasteiger partial charge on any atom is -0.497 e. The number of benzene rings is 4. The van der Waals surface area contributed by atoms with E-state index in [1.165, 1.54) is 25.3 Å². The van der Waals surface area contributed by atoms with Crippen molar-refractivity contribution in [1.29, 1.82) is 5.26 Å². The fourth-order valence-electron chi connectivity index (χ4n) is 4.54. The highest BCUT2D eigenvalue weighted by Gasteiger charge is 2.32. The summed E-state index contributed by atoms with van der Waals surface area (Å²) in [6, 6.07) is 25.1. The van der Waals surface area contributed by atoms with E-state index < -0.39 is 11.9 Å². The van der Waals surface area contributed by atoms with Gasteiger partial charge in [-0.2, -0.15) is 5.26 Å². The highest BCUT2D eigenvalue weighted by molar-refractivity contribution is 5.74. The summed E-state index contributed by atoms with van der Waals surface area (Å²) in [5, 5.41) is 9.94. The van der Waals surface area contributed by atoms with Crippen molar-refractivity contribution in [2.75, 3.05) is 20.8 Å². The van der Waals surface area contributed by atoms with Crippen LogP contribution in [0.5, 0.6) is 34.5 Å². The van der Waals surface area contributed by atoms with Crippen LogP contribution < -0.4 is 34.2 Å². The smallest absolute Gasteiger partial charge is 0.349 e. The third kappa shape index (κ3) is 6.63. The summed E-state index contributed by atoms with van der Waals surface area (Å²) in [5.41, 5.74) is 8.50. The molecule has 1 aliphatic heterocycles. The van der Waals surface area contributed by atoms with Crippen LogP contribution >= 0.6 is 0 Å². The zero-order chi connectivity index (χ0) is 30.3. The lowest BCUT2D eigenvalue weighted by atomic mass is 9.83. The fraction of sp³-hybridized carbons (Fsp3) is 0.152. The Morgan fingerprint density at radius 2 is 1.60 bits per heavy atom. The van der Waals surface area contributed by atoms with Crippen LogP contribution in [0.15, 0.2) is 96.4 Å². The number of hydrogen-bond donors (Lipinski definition) is 1. The number of esters is 1. The molecule has 43 heavy (non-hydrogen) atoms. The monoisotopic (exact) mass is 582 g/mol. The van der Waals surface area contributed by atoms with Gasteiger partial charge < -0.3 is 34.2 Å². The van der Waals surface area contributed by atoms with Crippen molar-refractivity contribution in [1.82, 2.24) is 0 Å². The molecule has 5 rings (SSSR count). The number of halogens is 1. The van der Waals surface area contributed by atoms with Crippen LogP contribution in [0.1, 0.15) is 22.6 Å². The molecule has 0 spiro atoms. The zero-order valence-electron chi connectivity index (χ0n) is 23.3. The van der Waals surface area contributed by atoms with Crippen LogP contribution in [0.4, 0.5) is 4.39 Å². The van der Waals surface area contributed by atoms with Gasteiger partial charge in [0.2, 0.25) is 5.88 Å². The molecule has 2 N–H and O–H groups in total. The van der Waals surface area contributed by atoms with Gasteiger partial charge in [-0.1, -0.05) is 24.3 Å². The molecular formula is C33H27FN2O7. The number of nitrogens with zero attached hydrogens (tertiary/aromatic N) is 1. The maximum Gasteiger partial charge on any atom is 0.349 e. The predicted molar refractivity (Wildman–Crippen MR) is 154 cm³/mol. The lowest BCUT2D eigenvalue weighted by Gasteiger charge is -2.27. The average molecular weight is 583 g/mol. The maximum absolute atomic E-state index is 13.2. The van der Waals surface area contributed by atoms with E-state index in [9.17, 15) is 14.4 Å². The zero-order valence-corrected chi connectivity index (χ0v) is 23.3. The van der Waals surface area contributed by atoms with E-state index >= 15 is 0 Å². The molecule has 10 heteroatoms. The lowest BCUT2D eigenvalue weighted by molar-refractivity contribution is -0.136. The minimum absolute atomic E-state index is 0.0677. The van der Waals surface area contributed by atoms with E-state index in [1.54, 1.807) is 73.8 Å². The molecule has 0 aliphatic carbocycles. The summed E-state index contributed by atoms with van der Waals surface area (Å²) in [5.74, 6) is 1.01. The SMILES string of the molecule is COc1ccc(OCC(=O)Oc2ccc3c(c2)OC(N)=C(C#N)C3c2ccc(OCc3ccc(F)cc3)c(OC)c2)cc1. The average Bonchev–Trinajstić information content (AvgIpc) is 3.03. The minimum atomic E-state index is -0.620. The molecule has 4 aromatic rings. The molecule has 0 aromatic heterocycles. The van der Waals surface area contributed by atoms with Crippen molar-refractivity contribution < 1.29 is 37.6 Å². The highest BCUT2D eigenvalue weighted by Crippen LogP contribution is 2.45. The predicted octanol–water partition coefficient (Wildman–Crippen LogP) is 5.62. The summed E-state index contributed by atoms with van der Waals surface area (Å²) in [6.45, 7) is -0.109. The number of carbonyl (C=O) groups is 1. The van der Waals surface area contributed by atoms with Crippen LogP contribution in [0, 0.1) is 17.1 Å². The Hall–Kier alpha value is -5.69. The topological polar surface area (TPSA) is 122 Å². The first-order valence-electron chi connectivity index (χ1n) is 13.1. The second-order valence-electron chi connectivity index (χ2n) is 9.39. The molecule has 1 heterocycles. The van der Waals surface area contributed by atoms with Crippen molar-refractivity contribution in [2.45, 2.75) is 12.5 Å². The largest absolute Gasteiger partial charge is 0.497 e. The van der Waals surface area contributed by atoms with Crippen LogP contribution in [0.2, 0.25) is 0 Å². The highest BCUT2D eigenvalue weighted by atomic mass is 19.1. The number of hydrogen-bond acceptors (Lipinski definition) is 9. The fourth-order valence-corrected chi connectivity index (χ4v) is 4.54. The number of nitrogens with two attached hydrogens (primary N) is 1. The Morgan fingerprint density at radius 1 is 0.884 bits per heavy atom. The van der Waals surface area contributed by atoms with Crippen molar-refractivity contribution in [3.63, 3.8) is 0 Å². The van der Waals surface area contributed by atoms with Gasteiger partial charge in [-0.25, -0.2) is 9.18 Å². The Morgan fingerprint density at radius 3 is 2.30 bits per heavy atom. The van der Waals surface area contributed by atoms with Gasteiger partial charge in [0.1, 0.15) is 47.1 Å². The van der Waals surface area contributed by atoms with Crippen molar-refractivity contribution in [3.05, 3.63) is 119 Å². The number of allylic oxidation sites excluding steroid dienone is 1. The Bertz CT molecular complexity index is 1700. The standard InChI is InChI=1S/C33H27FN2O7/c1-38-23-8-10-24(11-9-23)40-19-31(37)42-25-12-13-26-29(16-25)43-33(36)27(17-35)32(26)21-5-14-28(30(15-21)39-2)41-18-20-3-6-22(34)7-4-20/h3-16,32H,18-19,36H2,1-2H3. The van der Waals surface area contributed by atoms with Crippen LogP contribution in [-0.2, 0) is 11.4 Å². The van der Waals surface area contributed by atoms with E-state index in [2.05, 4.69) is 6.07 Å².